The monoisotopic (exact) mass is 227 g/mol. The molecule has 3 atom stereocenters. The third-order valence-electron chi connectivity index (χ3n) is 4.09. The van der Waals surface area contributed by atoms with Gasteiger partial charge in [-0.3, -0.25) is 0 Å². The van der Waals surface area contributed by atoms with E-state index in [9.17, 15) is 0 Å². The van der Waals surface area contributed by atoms with Crippen LogP contribution in [0, 0.1) is 17.8 Å². The number of hydrogen-bond acceptors (Lipinski definition) is 2. The molecule has 1 heterocycles. The molecule has 2 rings (SSSR count). The lowest BCUT2D eigenvalue weighted by Crippen LogP contribution is -2.56. The van der Waals surface area contributed by atoms with Gasteiger partial charge in [0.05, 0.1) is 4.87 Å². The summed E-state index contributed by atoms with van der Waals surface area (Å²) in [5, 5.41) is 3.88. The molecule has 0 aromatic heterocycles. The minimum Gasteiger partial charge on any atom is -0.302 e. The van der Waals surface area contributed by atoms with E-state index >= 15 is 0 Å². The first-order valence-corrected chi connectivity index (χ1v) is 7.51. The van der Waals surface area contributed by atoms with Crippen LogP contribution >= 0.6 is 11.8 Å². The summed E-state index contributed by atoms with van der Waals surface area (Å²) in [4.78, 5) is 0.443. The molecular weight excluding hydrogens is 202 g/mol. The molecule has 2 aliphatic rings. The van der Waals surface area contributed by atoms with Crippen molar-refractivity contribution in [1.29, 1.82) is 0 Å². The van der Waals surface area contributed by atoms with Gasteiger partial charge in [0.2, 0.25) is 0 Å². The van der Waals surface area contributed by atoms with Gasteiger partial charge in [-0.05, 0) is 42.9 Å². The predicted octanol–water partition coefficient (Wildman–Crippen LogP) is 3.50. The average Bonchev–Trinajstić information content (AvgIpc) is 2.23. The molecule has 1 aliphatic carbocycles. The molecule has 2 heteroatoms. The molecule has 0 amide bonds. The highest BCUT2D eigenvalue weighted by Gasteiger charge is 2.44. The zero-order chi connectivity index (χ0) is 10.9. The third kappa shape index (κ3) is 2.36. The zero-order valence-corrected chi connectivity index (χ0v) is 11.2. The number of rotatable bonds is 1. The molecule has 1 aliphatic heterocycles. The largest absolute Gasteiger partial charge is 0.302 e. The van der Waals surface area contributed by atoms with Crippen LogP contribution in [0.3, 0.4) is 0 Å². The molecule has 1 spiro atoms. The Labute approximate surface area is 98.8 Å². The Bertz CT molecular complexity index is 207. The maximum Gasteiger partial charge on any atom is 0.0676 e. The number of nitrogens with one attached hydrogen (secondary N) is 1. The minimum absolute atomic E-state index is 0.443. The van der Waals surface area contributed by atoms with Crippen LogP contribution in [0.15, 0.2) is 0 Å². The van der Waals surface area contributed by atoms with E-state index in [0.717, 1.165) is 17.8 Å². The Kier molecular flexibility index (Phi) is 3.67. The second-order valence-corrected chi connectivity index (χ2v) is 7.13. The van der Waals surface area contributed by atoms with Crippen LogP contribution in [0.4, 0.5) is 0 Å². The lowest BCUT2D eigenvalue weighted by atomic mass is 9.77. The van der Waals surface area contributed by atoms with Gasteiger partial charge < -0.3 is 5.32 Å². The quantitative estimate of drug-likeness (QED) is 0.736. The molecule has 1 saturated carbocycles. The molecule has 3 unspecified atom stereocenters. The Balaban J connectivity index is 2.08. The van der Waals surface area contributed by atoms with E-state index in [-0.39, 0.29) is 0 Å². The van der Waals surface area contributed by atoms with Crippen molar-refractivity contribution in [3.05, 3.63) is 0 Å². The van der Waals surface area contributed by atoms with Gasteiger partial charge in [0.15, 0.2) is 0 Å². The van der Waals surface area contributed by atoms with Gasteiger partial charge in [-0.2, -0.15) is 0 Å². The maximum absolute atomic E-state index is 3.88. The third-order valence-corrected chi connectivity index (χ3v) is 5.99. The van der Waals surface area contributed by atoms with Crippen molar-refractivity contribution < 1.29 is 0 Å². The summed E-state index contributed by atoms with van der Waals surface area (Å²) in [5.74, 6) is 3.94. The van der Waals surface area contributed by atoms with Gasteiger partial charge in [0.25, 0.3) is 0 Å². The van der Waals surface area contributed by atoms with E-state index in [0.29, 0.717) is 4.87 Å². The summed E-state index contributed by atoms with van der Waals surface area (Å²) in [6.45, 7) is 8.40. The molecule has 0 bridgehead atoms. The number of thioether (sulfide) groups is 1. The van der Waals surface area contributed by atoms with Crippen LogP contribution in [0.5, 0.6) is 0 Å². The van der Waals surface area contributed by atoms with Crippen molar-refractivity contribution in [2.45, 2.75) is 51.3 Å². The van der Waals surface area contributed by atoms with Gasteiger partial charge in [-0.15, -0.1) is 11.8 Å². The Morgan fingerprint density at radius 3 is 2.73 bits per heavy atom. The van der Waals surface area contributed by atoms with E-state index in [1.807, 2.05) is 0 Å². The van der Waals surface area contributed by atoms with E-state index in [2.05, 4.69) is 37.8 Å². The highest BCUT2D eigenvalue weighted by atomic mass is 32.2. The predicted molar refractivity (Wildman–Crippen MR) is 69.2 cm³/mol. The van der Waals surface area contributed by atoms with Gasteiger partial charge in [0, 0.05) is 0 Å². The molecule has 2 fully saturated rings. The smallest absolute Gasteiger partial charge is 0.0676 e. The fourth-order valence-electron chi connectivity index (χ4n) is 3.19. The SMILES string of the molecule is CC1CNC2(CCCCC2C(C)C)SC1. The summed E-state index contributed by atoms with van der Waals surface area (Å²) >= 11 is 2.22. The van der Waals surface area contributed by atoms with Crippen molar-refractivity contribution in [1.82, 2.24) is 5.32 Å². The van der Waals surface area contributed by atoms with Crippen molar-refractivity contribution in [3.8, 4) is 0 Å². The Hall–Kier alpha value is 0.310. The van der Waals surface area contributed by atoms with Crippen molar-refractivity contribution in [3.63, 3.8) is 0 Å². The zero-order valence-electron chi connectivity index (χ0n) is 10.4. The molecule has 88 valence electrons. The summed E-state index contributed by atoms with van der Waals surface area (Å²) in [6.07, 6.45) is 5.71. The van der Waals surface area contributed by atoms with Gasteiger partial charge >= 0.3 is 0 Å². The van der Waals surface area contributed by atoms with Crippen LogP contribution in [-0.4, -0.2) is 17.2 Å². The van der Waals surface area contributed by atoms with E-state index in [1.54, 1.807) is 0 Å². The van der Waals surface area contributed by atoms with Crippen molar-refractivity contribution in [2.75, 3.05) is 12.3 Å². The second-order valence-electron chi connectivity index (χ2n) is 5.78. The fraction of sp³-hybridized carbons (Fsp3) is 1.00. The topological polar surface area (TPSA) is 12.0 Å². The molecule has 15 heavy (non-hydrogen) atoms. The summed E-state index contributed by atoms with van der Waals surface area (Å²) < 4.78 is 0. The molecule has 0 aromatic rings. The first-order chi connectivity index (χ1) is 7.14. The lowest BCUT2D eigenvalue weighted by Gasteiger charge is -2.49. The summed E-state index contributed by atoms with van der Waals surface area (Å²) in [7, 11) is 0. The molecule has 1 nitrogen and oxygen atoms in total. The Morgan fingerprint density at radius 1 is 1.33 bits per heavy atom. The molecule has 0 aromatic carbocycles. The van der Waals surface area contributed by atoms with Crippen molar-refractivity contribution in [2.24, 2.45) is 17.8 Å². The van der Waals surface area contributed by atoms with Gasteiger partial charge in [-0.1, -0.05) is 33.6 Å². The molecule has 1 saturated heterocycles. The molecule has 0 radical (unpaired) electrons. The van der Waals surface area contributed by atoms with Crippen LogP contribution in [0.25, 0.3) is 0 Å². The molecule has 1 N–H and O–H groups in total. The first-order valence-electron chi connectivity index (χ1n) is 6.53. The summed E-state index contributed by atoms with van der Waals surface area (Å²) in [5.41, 5.74) is 0. The standard InChI is InChI=1S/C13H25NS/c1-10(2)12-6-4-5-7-13(12)14-8-11(3)9-15-13/h10-12,14H,4-9H2,1-3H3. The highest BCUT2D eigenvalue weighted by Crippen LogP contribution is 2.47. The van der Waals surface area contributed by atoms with Gasteiger partial charge in [0.1, 0.15) is 0 Å². The first kappa shape index (κ1) is 11.8. The van der Waals surface area contributed by atoms with E-state index in [1.165, 1.54) is 38.0 Å². The lowest BCUT2D eigenvalue weighted by molar-refractivity contribution is 0.169. The second kappa shape index (κ2) is 4.67. The van der Waals surface area contributed by atoms with Crippen molar-refractivity contribution >= 4 is 11.8 Å². The van der Waals surface area contributed by atoms with Gasteiger partial charge in [-0.25, -0.2) is 0 Å². The van der Waals surface area contributed by atoms with E-state index in [4.69, 9.17) is 0 Å². The minimum atomic E-state index is 0.443. The van der Waals surface area contributed by atoms with E-state index < -0.39 is 0 Å². The molecular formula is C13H25NS. The van der Waals surface area contributed by atoms with Crippen LogP contribution in [0.2, 0.25) is 0 Å². The van der Waals surface area contributed by atoms with Crippen LogP contribution in [0.1, 0.15) is 46.5 Å². The number of hydrogen-bond donors (Lipinski definition) is 1. The van der Waals surface area contributed by atoms with Crippen LogP contribution < -0.4 is 5.32 Å². The maximum atomic E-state index is 3.88. The fourth-order valence-corrected chi connectivity index (χ4v) is 4.97. The normalized spacial score (nSPS) is 42.4. The Morgan fingerprint density at radius 2 is 2.13 bits per heavy atom. The average molecular weight is 227 g/mol. The highest BCUT2D eigenvalue weighted by molar-refractivity contribution is 8.00. The van der Waals surface area contributed by atoms with Crippen LogP contribution in [-0.2, 0) is 0 Å². The summed E-state index contributed by atoms with van der Waals surface area (Å²) in [6, 6.07) is 0.